The molecule has 4 heteroatoms. The smallest absolute Gasteiger partial charge is 0.137 e. The van der Waals surface area contributed by atoms with Gasteiger partial charge in [0.25, 0.3) is 0 Å². The minimum atomic E-state index is 0.567. The van der Waals surface area contributed by atoms with Crippen LogP contribution in [0.15, 0.2) is 18.2 Å². The third kappa shape index (κ3) is 3.35. The summed E-state index contributed by atoms with van der Waals surface area (Å²) in [6.45, 7) is 6.41. The first-order valence-electron chi connectivity index (χ1n) is 5.97. The van der Waals surface area contributed by atoms with Crippen molar-refractivity contribution in [3.63, 3.8) is 0 Å². The number of halogens is 1. The van der Waals surface area contributed by atoms with E-state index in [-0.39, 0.29) is 0 Å². The molecule has 1 aliphatic rings. The Bertz CT molecular complexity index is 384. The molecule has 1 unspecified atom stereocenters. The van der Waals surface area contributed by atoms with Gasteiger partial charge in [0.2, 0.25) is 0 Å². The quantitative estimate of drug-likeness (QED) is 0.895. The van der Waals surface area contributed by atoms with E-state index in [9.17, 15) is 0 Å². The molecule has 17 heavy (non-hydrogen) atoms. The fourth-order valence-corrected chi connectivity index (χ4v) is 2.50. The summed E-state index contributed by atoms with van der Waals surface area (Å²) in [6.07, 6.45) is 0. The third-order valence-corrected chi connectivity index (χ3v) is 3.37. The molecule has 0 saturated carbocycles. The van der Waals surface area contributed by atoms with Crippen LogP contribution in [0, 0.1) is 0 Å². The Balaban J connectivity index is 2.00. The largest absolute Gasteiger partial charge is 0.495 e. The van der Waals surface area contributed by atoms with Crippen LogP contribution in [-0.2, 0) is 6.54 Å². The highest BCUT2D eigenvalue weighted by Gasteiger charge is 2.15. The number of methoxy groups -OCH3 is 1. The lowest BCUT2D eigenvalue weighted by molar-refractivity contribution is 0.199. The van der Waals surface area contributed by atoms with E-state index in [0.29, 0.717) is 11.1 Å². The second-order valence-corrected chi connectivity index (χ2v) is 4.97. The summed E-state index contributed by atoms with van der Waals surface area (Å²) < 4.78 is 5.15. The Morgan fingerprint density at radius 3 is 3.00 bits per heavy atom. The van der Waals surface area contributed by atoms with Gasteiger partial charge in [-0.3, -0.25) is 4.90 Å². The molecule has 1 N–H and O–H groups in total. The summed E-state index contributed by atoms with van der Waals surface area (Å²) in [6, 6.07) is 6.57. The van der Waals surface area contributed by atoms with Crippen molar-refractivity contribution >= 4 is 11.6 Å². The lowest BCUT2D eigenvalue weighted by Gasteiger charge is -2.31. The monoisotopic (exact) mass is 254 g/mol. The van der Waals surface area contributed by atoms with Crippen LogP contribution in [0.1, 0.15) is 12.5 Å². The maximum atomic E-state index is 6.12. The standard InChI is InChI=1S/C13H19ClN2O/c1-10-8-16(6-5-15-10)9-11-3-4-13(17-2)12(14)7-11/h3-4,7,10,15H,5-6,8-9H2,1-2H3. The summed E-state index contributed by atoms with van der Waals surface area (Å²) in [7, 11) is 1.64. The summed E-state index contributed by atoms with van der Waals surface area (Å²) in [5, 5.41) is 4.13. The Morgan fingerprint density at radius 2 is 2.35 bits per heavy atom. The number of rotatable bonds is 3. The van der Waals surface area contributed by atoms with Gasteiger partial charge in [-0.1, -0.05) is 17.7 Å². The highest BCUT2D eigenvalue weighted by atomic mass is 35.5. The number of piperazine rings is 1. The first-order chi connectivity index (χ1) is 8.19. The van der Waals surface area contributed by atoms with Crippen LogP contribution < -0.4 is 10.1 Å². The van der Waals surface area contributed by atoms with Crippen LogP contribution in [-0.4, -0.2) is 37.7 Å². The lowest BCUT2D eigenvalue weighted by Crippen LogP contribution is -2.48. The van der Waals surface area contributed by atoms with Gasteiger partial charge < -0.3 is 10.1 Å². The van der Waals surface area contributed by atoms with Gasteiger partial charge in [-0.2, -0.15) is 0 Å². The van der Waals surface area contributed by atoms with Crippen LogP contribution in [0.25, 0.3) is 0 Å². The van der Waals surface area contributed by atoms with Crippen LogP contribution in [0.4, 0.5) is 0 Å². The first kappa shape index (κ1) is 12.7. The minimum Gasteiger partial charge on any atom is -0.495 e. The average Bonchev–Trinajstić information content (AvgIpc) is 2.29. The molecule has 0 amide bonds. The molecular formula is C13H19ClN2O. The number of hydrogen-bond donors (Lipinski definition) is 1. The van der Waals surface area contributed by atoms with E-state index < -0.39 is 0 Å². The molecule has 1 aliphatic heterocycles. The fraction of sp³-hybridized carbons (Fsp3) is 0.538. The van der Waals surface area contributed by atoms with Gasteiger partial charge in [0, 0.05) is 32.2 Å². The van der Waals surface area contributed by atoms with E-state index >= 15 is 0 Å². The van der Waals surface area contributed by atoms with E-state index in [1.165, 1.54) is 5.56 Å². The van der Waals surface area contributed by atoms with Crippen molar-refractivity contribution in [1.29, 1.82) is 0 Å². The number of ether oxygens (including phenoxy) is 1. The van der Waals surface area contributed by atoms with E-state index in [2.05, 4.69) is 23.2 Å². The molecule has 1 fully saturated rings. The summed E-state index contributed by atoms with van der Waals surface area (Å²) in [5.41, 5.74) is 1.24. The van der Waals surface area contributed by atoms with Crippen LogP contribution >= 0.6 is 11.6 Å². The molecule has 1 aromatic rings. The van der Waals surface area contributed by atoms with Crippen molar-refractivity contribution in [2.24, 2.45) is 0 Å². The Morgan fingerprint density at radius 1 is 1.53 bits per heavy atom. The molecule has 94 valence electrons. The number of nitrogens with zero attached hydrogens (tertiary/aromatic N) is 1. The van der Waals surface area contributed by atoms with E-state index in [1.807, 2.05) is 12.1 Å². The molecule has 1 heterocycles. The zero-order chi connectivity index (χ0) is 12.3. The second kappa shape index (κ2) is 5.71. The van der Waals surface area contributed by atoms with Crippen molar-refractivity contribution in [3.8, 4) is 5.75 Å². The molecule has 1 saturated heterocycles. The lowest BCUT2D eigenvalue weighted by atomic mass is 10.1. The molecule has 0 spiro atoms. The third-order valence-electron chi connectivity index (χ3n) is 3.08. The van der Waals surface area contributed by atoms with Gasteiger partial charge in [0.05, 0.1) is 12.1 Å². The molecule has 1 aromatic carbocycles. The minimum absolute atomic E-state index is 0.567. The maximum absolute atomic E-state index is 6.12. The van der Waals surface area contributed by atoms with Gasteiger partial charge in [0.1, 0.15) is 5.75 Å². The zero-order valence-electron chi connectivity index (χ0n) is 10.4. The molecule has 0 radical (unpaired) electrons. The van der Waals surface area contributed by atoms with E-state index in [4.69, 9.17) is 16.3 Å². The predicted octanol–water partition coefficient (Wildman–Crippen LogP) is 2.14. The second-order valence-electron chi connectivity index (χ2n) is 4.56. The molecule has 2 rings (SSSR count). The highest BCUT2D eigenvalue weighted by molar-refractivity contribution is 6.32. The summed E-state index contributed by atoms with van der Waals surface area (Å²) >= 11 is 6.12. The van der Waals surface area contributed by atoms with Crippen molar-refractivity contribution in [2.75, 3.05) is 26.7 Å². The topological polar surface area (TPSA) is 24.5 Å². The van der Waals surface area contributed by atoms with Gasteiger partial charge in [0.15, 0.2) is 0 Å². The van der Waals surface area contributed by atoms with Crippen molar-refractivity contribution in [1.82, 2.24) is 10.2 Å². The Hall–Kier alpha value is -0.770. The molecule has 1 atom stereocenters. The number of hydrogen-bond acceptors (Lipinski definition) is 3. The van der Waals surface area contributed by atoms with Gasteiger partial charge in [-0.15, -0.1) is 0 Å². The van der Waals surface area contributed by atoms with Crippen LogP contribution in [0.2, 0.25) is 5.02 Å². The van der Waals surface area contributed by atoms with E-state index in [1.54, 1.807) is 7.11 Å². The SMILES string of the molecule is COc1ccc(CN2CCNC(C)C2)cc1Cl. The van der Waals surface area contributed by atoms with Crippen molar-refractivity contribution in [3.05, 3.63) is 28.8 Å². The van der Waals surface area contributed by atoms with Crippen molar-refractivity contribution < 1.29 is 4.74 Å². The zero-order valence-corrected chi connectivity index (χ0v) is 11.1. The predicted molar refractivity (Wildman–Crippen MR) is 70.7 cm³/mol. The number of nitrogens with one attached hydrogen (secondary N) is 1. The van der Waals surface area contributed by atoms with Crippen LogP contribution in [0.3, 0.4) is 0 Å². The van der Waals surface area contributed by atoms with Gasteiger partial charge >= 0.3 is 0 Å². The normalized spacial score (nSPS) is 21.5. The molecule has 0 aliphatic carbocycles. The fourth-order valence-electron chi connectivity index (χ4n) is 2.22. The van der Waals surface area contributed by atoms with Gasteiger partial charge in [-0.05, 0) is 24.6 Å². The van der Waals surface area contributed by atoms with Crippen molar-refractivity contribution in [2.45, 2.75) is 19.5 Å². The van der Waals surface area contributed by atoms with Crippen LogP contribution in [0.5, 0.6) is 5.75 Å². The summed E-state index contributed by atoms with van der Waals surface area (Å²) in [5.74, 6) is 0.740. The Kier molecular flexibility index (Phi) is 4.26. The maximum Gasteiger partial charge on any atom is 0.137 e. The highest BCUT2D eigenvalue weighted by Crippen LogP contribution is 2.25. The molecular weight excluding hydrogens is 236 g/mol. The average molecular weight is 255 g/mol. The molecule has 0 aromatic heterocycles. The van der Waals surface area contributed by atoms with Gasteiger partial charge in [-0.25, -0.2) is 0 Å². The first-order valence-corrected chi connectivity index (χ1v) is 6.35. The van der Waals surface area contributed by atoms with E-state index in [0.717, 1.165) is 31.9 Å². The number of benzene rings is 1. The molecule has 3 nitrogen and oxygen atoms in total. The summed E-state index contributed by atoms with van der Waals surface area (Å²) in [4.78, 5) is 2.44. The molecule has 0 bridgehead atoms. The Labute approximate surface area is 108 Å².